The Balaban J connectivity index is 1.34. The minimum Gasteiger partial charge on any atom is -0.342 e. The minimum atomic E-state index is -0.850. The van der Waals surface area contributed by atoms with Crippen LogP contribution in [0.25, 0.3) is 0 Å². The van der Waals surface area contributed by atoms with Crippen molar-refractivity contribution in [1.29, 1.82) is 0 Å². The maximum atomic E-state index is 14.9. The van der Waals surface area contributed by atoms with Gasteiger partial charge in [0.05, 0.1) is 11.3 Å². The van der Waals surface area contributed by atoms with Gasteiger partial charge in [0.2, 0.25) is 11.8 Å². The second kappa shape index (κ2) is 11.1. The van der Waals surface area contributed by atoms with Crippen molar-refractivity contribution in [3.63, 3.8) is 0 Å². The van der Waals surface area contributed by atoms with E-state index in [4.69, 9.17) is 0 Å². The number of carbonyl (C=O) groups is 2. The SMILES string of the molecule is CC(C)(C(=O)N1CCC1)c1cc(F)ccc1C1CCN(C(=O)C2CN(C(C)(C)C)CC2c2ccc(F)cc2F)CC1. The number of piperidine rings is 1. The third-order valence-corrected chi connectivity index (χ3v) is 9.56. The second-order valence-corrected chi connectivity index (χ2v) is 13.6. The molecule has 3 fully saturated rings. The minimum absolute atomic E-state index is 0.00320. The maximum Gasteiger partial charge on any atom is 0.232 e. The molecule has 2 aromatic rings. The lowest BCUT2D eigenvalue weighted by molar-refractivity contribution is -0.139. The lowest BCUT2D eigenvalue weighted by atomic mass is 9.75. The van der Waals surface area contributed by atoms with Crippen molar-refractivity contribution < 1.29 is 22.8 Å². The Hall–Kier alpha value is -2.87. The standard InChI is InChI=1S/C33H42F3N3O2/c1-32(2,3)39-19-26(25-10-8-23(35)18-29(25)36)27(20-39)30(40)37-15-11-21(12-16-37)24-9-7-22(34)17-28(24)33(4,5)31(41)38-13-6-14-38/h7-10,17-18,21,26-27H,6,11-16,19-20H2,1-5H3. The number of carbonyl (C=O) groups excluding carboxylic acids is 2. The molecule has 2 unspecified atom stereocenters. The van der Waals surface area contributed by atoms with Crippen molar-refractivity contribution in [3.8, 4) is 0 Å². The number of benzene rings is 2. The predicted molar refractivity (Wildman–Crippen MR) is 153 cm³/mol. The number of hydrogen-bond acceptors (Lipinski definition) is 3. The first-order valence-electron chi connectivity index (χ1n) is 14.9. The normalized spacial score (nSPS) is 22.6. The van der Waals surface area contributed by atoms with Gasteiger partial charge in [-0.25, -0.2) is 13.2 Å². The van der Waals surface area contributed by atoms with Crippen LogP contribution in [0.4, 0.5) is 13.2 Å². The van der Waals surface area contributed by atoms with E-state index in [1.54, 1.807) is 0 Å². The predicted octanol–water partition coefficient (Wildman–Crippen LogP) is 5.83. The monoisotopic (exact) mass is 569 g/mol. The summed E-state index contributed by atoms with van der Waals surface area (Å²) in [6, 6.07) is 8.42. The van der Waals surface area contributed by atoms with Crippen molar-refractivity contribution in [2.24, 2.45) is 5.92 Å². The molecule has 2 atom stereocenters. The van der Waals surface area contributed by atoms with E-state index in [0.29, 0.717) is 44.6 Å². The molecule has 5 rings (SSSR count). The van der Waals surface area contributed by atoms with E-state index in [0.717, 1.165) is 36.7 Å². The molecule has 0 saturated carbocycles. The summed E-state index contributed by atoms with van der Waals surface area (Å²) in [4.78, 5) is 33.1. The molecule has 0 N–H and O–H groups in total. The van der Waals surface area contributed by atoms with Crippen LogP contribution in [-0.2, 0) is 15.0 Å². The Morgan fingerprint density at radius 3 is 1.95 bits per heavy atom. The number of nitrogens with zero attached hydrogens (tertiary/aromatic N) is 3. The molecule has 0 aromatic heterocycles. The van der Waals surface area contributed by atoms with Gasteiger partial charge >= 0.3 is 0 Å². The van der Waals surface area contributed by atoms with Crippen LogP contribution >= 0.6 is 0 Å². The first-order valence-corrected chi connectivity index (χ1v) is 14.9. The fraction of sp³-hybridized carbons (Fsp3) is 0.576. The quantitative estimate of drug-likeness (QED) is 0.455. The summed E-state index contributed by atoms with van der Waals surface area (Å²) < 4.78 is 43.0. The van der Waals surface area contributed by atoms with Crippen LogP contribution in [0.3, 0.4) is 0 Å². The summed E-state index contributed by atoms with van der Waals surface area (Å²) in [7, 11) is 0. The van der Waals surface area contributed by atoms with E-state index < -0.39 is 23.0 Å². The van der Waals surface area contributed by atoms with Gasteiger partial charge in [-0.05, 0) is 94.7 Å². The number of rotatable bonds is 5. The Morgan fingerprint density at radius 1 is 0.780 bits per heavy atom. The first-order chi connectivity index (χ1) is 19.3. The number of hydrogen-bond donors (Lipinski definition) is 0. The fourth-order valence-electron chi connectivity index (χ4n) is 6.82. The van der Waals surface area contributed by atoms with E-state index in [2.05, 4.69) is 25.7 Å². The summed E-state index contributed by atoms with van der Waals surface area (Å²) in [6.45, 7) is 13.6. The Kier molecular flexibility index (Phi) is 8.01. The van der Waals surface area contributed by atoms with E-state index in [-0.39, 0.29) is 35.0 Å². The Labute approximate surface area is 241 Å². The summed E-state index contributed by atoms with van der Waals surface area (Å²) in [5, 5.41) is 0. The molecule has 41 heavy (non-hydrogen) atoms. The van der Waals surface area contributed by atoms with Gasteiger partial charge in [0.1, 0.15) is 17.5 Å². The topological polar surface area (TPSA) is 43.9 Å². The fourth-order valence-corrected chi connectivity index (χ4v) is 6.82. The highest BCUT2D eigenvalue weighted by Gasteiger charge is 2.45. The van der Waals surface area contributed by atoms with Gasteiger partial charge in [-0.2, -0.15) is 0 Å². The molecule has 5 nitrogen and oxygen atoms in total. The lowest BCUT2D eigenvalue weighted by Crippen LogP contribution is -2.50. The third kappa shape index (κ3) is 5.77. The first kappa shape index (κ1) is 29.6. The highest BCUT2D eigenvalue weighted by atomic mass is 19.1. The van der Waals surface area contributed by atoms with E-state index >= 15 is 0 Å². The van der Waals surface area contributed by atoms with Crippen molar-refractivity contribution in [3.05, 3.63) is 70.5 Å². The van der Waals surface area contributed by atoms with Crippen molar-refractivity contribution >= 4 is 11.8 Å². The number of amides is 2. The van der Waals surface area contributed by atoms with Gasteiger partial charge in [-0.15, -0.1) is 0 Å². The van der Waals surface area contributed by atoms with Crippen LogP contribution in [0.1, 0.15) is 82.4 Å². The molecule has 0 bridgehead atoms. The van der Waals surface area contributed by atoms with Crippen molar-refractivity contribution in [1.82, 2.24) is 14.7 Å². The van der Waals surface area contributed by atoms with Gasteiger partial charge < -0.3 is 9.80 Å². The molecule has 0 spiro atoms. The van der Waals surface area contributed by atoms with Crippen LogP contribution in [0.2, 0.25) is 0 Å². The molecule has 0 aliphatic carbocycles. The van der Waals surface area contributed by atoms with Crippen LogP contribution in [0.5, 0.6) is 0 Å². The average Bonchev–Trinajstić information content (AvgIpc) is 3.33. The van der Waals surface area contributed by atoms with E-state index in [1.807, 2.05) is 29.7 Å². The highest BCUT2D eigenvalue weighted by molar-refractivity contribution is 5.88. The number of likely N-dealkylation sites (tertiary alicyclic amines) is 3. The van der Waals surface area contributed by atoms with Crippen LogP contribution in [0.15, 0.2) is 36.4 Å². The smallest absolute Gasteiger partial charge is 0.232 e. The molecule has 3 saturated heterocycles. The molecule has 8 heteroatoms. The summed E-state index contributed by atoms with van der Waals surface area (Å²) >= 11 is 0. The molecule has 2 amide bonds. The second-order valence-electron chi connectivity index (χ2n) is 13.6. The zero-order chi connectivity index (χ0) is 29.7. The molecule has 3 heterocycles. The summed E-state index contributed by atoms with van der Waals surface area (Å²) in [5.74, 6) is -2.28. The van der Waals surface area contributed by atoms with Gasteiger partial charge in [0, 0.05) is 56.8 Å². The molecular formula is C33H42F3N3O2. The largest absolute Gasteiger partial charge is 0.342 e. The third-order valence-electron chi connectivity index (χ3n) is 9.56. The Bertz CT molecular complexity index is 1310. The lowest BCUT2D eigenvalue weighted by Gasteiger charge is -2.40. The molecule has 0 radical (unpaired) electrons. The zero-order valence-corrected chi connectivity index (χ0v) is 24.9. The van der Waals surface area contributed by atoms with Gasteiger partial charge in [0.25, 0.3) is 0 Å². The van der Waals surface area contributed by atoms with Crippen molar-refractivity contribution in [2.75, 3.05) is 39.3 Å². The zero-order valence-electron chi connectivity index (χ0n) is 24.9. The molecule has 222 valence electrons. The van der Waals surface area contributed by atoms with E-state index in [9.17, 15) is 22.8 Å². The average molecular weight is 570 g/mol. The summed E-state index contributed by atoms with van der Waals surface area (Å²) in [6.07, 6.45) is 2.39. The van der Waals surface area contributed by atoms with E-state index in [1.165, 1.54) is 24.3 Å². The van der Waals surface area contributed by atoms with Gasteiger partial charge in [-0.1, -0.05) is 12.1 Å². The van der Waals surface area contributed by atoms with Crippen LogP contribution in [0, 0.1) is 23.4 Å². The highest BCUT2D eigenvalue weighted by Crippen LogP contribution is 2.41. The van der Waals surface area contributed by atoms with Crippen LogP contribution < -0.4 is 0 Å². The van der Waals surface area contributed by atoms with Crippen LogP contribution in [-0.4, -0.2) is 71.3 Å². The van der Waals surface area contributed by atoms with Gasteiger partial charge in [-0.3, -0.25) is 14.5 Å². The maximum absolute atomic E-state index is 14.9. The molecule has 3 aliphatic heterocycles. The van der Waals surface area contributed by atoms with Gasteiger partial charge in [0.15, 0.2) is 0 Å². The molecule has 3 aliphatic rings. The summed E-state index contributed by atoms with van der Waals surface area (Å²) in [5.41, 5.74) is 1.04. The van der Waals surface area contributed by atoms with Crippen molar-refractivity contribution in [2.45, 2.75) is 76.7 Å². The number of halogens is 3. The molecular weight excluding hydrogens is 527 g/mol. The Morgan fingerprint density at radius 2 is 1.39 bits per heavy atom. The molecule has 2 aromatic carbocycles.